The summed E-state index contributed by atoms with van der Waals surface area (Å²) in [7, 11) is 0. The predicted octanol–water partition coefficient (Wildman–Crippen LogP) is -6.30. The van der Waals surface area contributed by atoms with Gasteiger partial charge in [0.1, 0.15) is 60.7 Å². The maximum atomic E-state index is 13.0. The number of ether oxygens (including phenoxy) is 2. The van der Waals surface area contributed by atoms with Crippen LogP contribution in [0, 0.1) is 0 Å². The van der Waals surface area contributed by atoms with Crippen LogP contribution in [0.3, 0.4) is 0 Å². The lowest BCUT2D eigenvalue weighted by Gasteiger charge is -2.43. The Balaban J connectivity index is 2.83. The first-order valence-corrected chi connectivity index (χ1v) is 17.1. The van der Waals surface area contributed by atoms with Gasteiger partial charge in [-0.1, -0.05) is 0 Å². The third-order valence-electron chi connectivity index (χ3n) is 8.18. The molecule has 1 rings (SSSR count). The number of carbonyl (C=O) groups excluding carboxylic acids is 8. The number of unbranched alkanes of at least 4 members (excludes halogenated alkanes) is 1. The van der Waals surface area contributed by atoms with E-state index >= 15 is 0 Å². The Morgan fingerprint density at radius 3 is 1.83 bits per heavy atom. The van der Waals surface area contributed by atoms with Crippen molar-refractivity contribution in [1.82, 2.24) is 31.9 Å². The average Bonchev–Trinajstić information content (AvgIpc) is 3.08. The minimum absolute atomic E-state index is 0.153. The van der Waals surface area contributed by atoms with E-state index in [1.54, 1.807) is 0 Å². The topological polar surface area (TPSA) is 366 Å². The lowest BCUT2D eigenvalue weighted by atomic mass is 9.96. The summed E-state index contributed by atoms with van der Waals surface area (Å²) in [5.41, 5.74) is 16.1. The van der Waals surface area contributed by atoms with Crippen LogP contribution in [0.15, 0.2) is 0 Å². The van der Waals surface area contributed by atoms with Crippen LogP contribution in [-0.4, -0.2) is 143 Å². The predicted molar refractivity (Wildman–Crippen MR) is 183 cm³/mol. The molecule has 0 aliphatic carbocycles. The van der Waals surface area contributed by atoms with Gasteiger partial charge in [0, 0.05) is 13.3 Å². The highest BCUT2D eigenvalue weighted by Crippen LogP contribution is 2.24. The lowest BCUT2D eigenvalue weighted by molar-refractivity contribution is -0.266. The number of primary amides is 2. The molecule has 22 heteroatoms. The van der Waals surface area contributed by atoms with Gasteiger partial charge in [0.2, 0.25) is 47.3 Å². The number of carbonyl (C=O) groups is 8. The van der Waals surface area contributed by atoms with E-state index in [2.05, 4.69) is 31.9 Å². The number of aliphatic hydroxyl groups is 3. The maximum Gasteiger partial charge on any atom is 0.249 e. The van der Waals surface area contributed by atoms with Crippen LogP contribution in [0.25, 0.3) is 0 Å². The molecule has 0 aromatic carbocycles. The summed E-state index contributed by atoms with van der Waals surface area (Å²) in [5, 5.41) is 44.8. The van der Waals surface area contributed by atoms with Crippen molar-refractivity contribution < 1.29 is 63.1 Å². The Labute approximate surface area is 306 Å². The molecule has 0 saturated carbocycles. The van der Waals surface area contributed by atoms with Crippen molar-refractivity contribution in [2.24, 2.45) is 17.2 Å². The second kappa shape index (κ2) is 22.6. The first-order chi connectivity index (χ1) is 24.7. The van der Waals surface area contributed by atoms with E-state index in [1.807, 2.05) is 0 Å². The molecule has 0 spiro atoms. The molecule has 1 saturated heterocycles. The largest absolute Gasteiger partial charge is 0.394 e. The Kier molecular flexibility index (Phi) is 19.8. The number of rotatable bonds is 22. The summed E-state index contributed by atoms with van der Waals surface area (Å²) < 4.78 is 10.7. The van der Waals surface area contributed by atoms with Crippen LogP contribution in [0.5, 0.6) is 0 Å². The summed E-state index contributed by atoms with van der Waals surface area (Å²) in [6.45, 7) is 6.03. The second-order valence-corrected chi connectivity index (χ2v) is 12.7. The molecular weight excluding hydrogens is 706 g/mol. The fourth-order valence-electron chi connectivity index (χ4n) is 5.00. The van der Waals surface area contributed by atoms with Gasteiger partial charge >= 0.3 is 0 Å². The molecular formula is C31H55N9O13. The number of nitrogens with two attached hydrogens (primary N) is 3. The highest BCUT2D eigenvalue weighted by Gasteiger charge is 2.47. The van der Waals surface area contributed by atoms with Crippen LogP contribution in [0.4, 0.5) is 0 Å². The number of hydrogen-bond donors (Lipinski definition) is 12. The van der Waals surface area contributed by atoms with Crippen molar-refractivity contribution in [2.45, 2.75) is 134 Å². The lowest BCUT2D eigenvalue weighted by Crippen LogP contribution is -2.65. The summed E-state index contributed by atoms with van der Waals surface area (Å²) in [6.07, 6.45) is -6.92. The Morgan fingerprint density at radius 2 is 1.30 bits per heavy atom. The van der Waals surface area contributed by atoms with Gasteiger partial charge in [0.25, 0.3) is 0 Å². The minimum atomic E-state index is -1.70. The van der Waals surface area contributed by atoms with Crippen molar-refractivity contribution in [3.8, 4) is 0 Å². The summed E-state index contributed by atoms with van der Waals surface area (Å²) in [5.74, 6) is -6.20. The molecule has 0 unspecified atom stereocenters. The number of amides is 8. The van der Waals surface area contributed by atoms with Crippen LogP contribution in [0.1, 0.15) is 66.7 Å². The van der Waals surface area contributed by atoms with Gasteiger partial charge in [-0.3, -0.25) is 38.4 Å². The molecule has 1 aliphatic heterocycles. The fourth-order valence-corrected chi connectivity index (χ4v) is 5.00. The van der Waals surface area contributed by atoms with Gasteiger partial charge in [0.15, 0.2) is 6.29 Å². The minimum Gasteiger partial charge on any atom is -0.394 e. The zero-order valence-corrected chi connectivity index (χ0v) is 30.5. The molecule has 53 heavy (non-hydrogen) atoms. The molecule has 15 N–H and O–H groups in total. The average molecular weight is 762 g/mol. The summed E-state index contributed by atoms with van der Waals surface area (Å²) in [4.78, 5) is 99.1. The van der Waals surface area contributed by atoms with E-state index in [-0.39, 0.29) is 19.3 Å². The van der Waals surface area contributed by atoms with Gasteiger partial charge in [-0.2, -0.15) is 0 Å². The quantitative estimate of drug-likeness (QED) is 0.0457. The van der Waals surface area contributed by atoms with Crippen LogP contribution in [0.2, 0.25) is 0 Å². The molecule has 11 atom stereocenters. The van der Waals surface area contributed by atoms with Crippen molar-refractivity contribution >= 4 is 47.3 Å². The number of hydrogen-bond acceptors (Lipinski definition) is 14. The van der Waals surface area contributed by atoms with E-state index < -0.39 is 121 Å². The molecule has 302 valence electrons. The molecule has 0 bridgehead atoms. The van der Waals surface area contributed by atoms with E-state index in [0.717, 1.165) is 6.92 Å². The highest BCUT2D eigenvalue weighted by atomic mass is 16.6. The first-order valence-electron chi connectivity index (χ1n) is 17.1. The maximum absolute atomic E-state index is 13.0. The van der Waals surface area contributed by atoms with Crippen molar-refractivity contribution in [3.05, 3.63) is 0 Å². The molecule has 1 heterocycles. The molecule has 0 radical (unpaired) electrons. The third-order valence-corrected chi connectivity index (χ3v) is 8.18. The highest BCUT2D eigenvalue weighted by molar-refractivity contribution is 5.94. The van der Waals surface area contributed by atoms with Gasteiger partial charge in [-0.05, 0) is 59.9 Å². The van der Waals surface area contributed by atoms with Gasteiger partial charge in [0.05, 0.1) is 6.61 Å². The molecule has 0 aromatic rings. The zero-order valence-electron chi connectivity index (χ0n) is 30.5. The van der Waals surface area contributed by atoms with Crippen LogP contribution < -0.4 is 49.1 Å². The molecule has 22 nitrogen and oxygen atoms in total. The van der Waals surface area contributed by atoms with Gasteiger partial charge < -0.3 is 73.9 Å². The van der Waals surface area contributed by atoms with Crippen molar-refractivity contribution in [1.29, 1.82) is 0 Å². The van der Waals surface area contributed by atoms with E-state index in [0.29, 0.717) is 19.4 Å². The number of nitrogens with one attached hydrogen (secondary N) is 6. The SMILES string of the molecule is CC(=O)N[C@@H]1[C@@H](O[C@H](C)C(=O)N[C@@H](C)C(=O)N[C@H](CCC(=O)N[C@@H](CCCCN)C(=O)N[C@H](C)C(=O)N[C@H](C)C(N)=O)C(N)=O)[C@H](O)[C@@H](CO)O[C@@H]1O. The van der Waals surface area contributed by atoms with E-state index in [4.69, 9.17) is 26.7 Å². The molecule has 1 aliphatic rings. The Morgan fingerprint density at radius 1 is 0.736 bits per heavy atom. The summed E-state index contributed by atoms with van der Waals surface area (Å²) >= 11 is 0. The van der Waals surface area contributed by atoms with Crippen LogP contribution >= 0.6 is 0 Å². The summed E-state index contributed by atoms with van der Waals surface area (Å²) in [6, 6.07) is -7.17. The second-order valence-electron chi connectivity index (χ2n) is 12.7. The normalized spacial score (nSPS) is 23.1. The van der Waals surface area contributed by atoms with Gasteiger partial charge in [-0.25, -0.2) is 0 Å². The molecule has 0 aromatic heterocycles. The van der Waals surface area contributed by atoms with E-state index in [1.165, 1.54) is 27.7 Å². The first kappa shape index (κ1) is 46.5. The fraction of sp³-hybridized carbons (Fsp3) is 0.742. The monoisotopic (exact) mass is 761 g/mol. The van der Waals surface area contributed by atoms with Crippen molar-refractivity contribution in [3.63, 3.8) is 0 Å². The third kappa shape index (κ3) is 15.6. The molecule has 1 fully saturated rings. The van der Waals surface area contributed by atoms with Crippen LogP contribution in [-0.2, 0) is 47.8 Å². The smallest absolute Gasteiger partial charge is 0.249 e. The Bertz CT molecular complexity index is 1310. The number of aliphatic hydroxyl groups excluding tert-OH is 3. The standard InChI is InChI=1S/C31H55N9O13/c1-13(25(33)45)35-27(47)14(2)37-30(50)19(8-6-7-11-32)39-21(43)10-9-18(26(34)46)40-28(48)15(3)36-29(49)16(4)52-24-22(38-17(5)42)31(51)53-20(12-41)23(24)44/h13-16,18-20,22-24,31,41,44,51H,6-12,32H2,1-5H3,(H2,33,45)(H2,34,46)(H,35,47)(H,36,49)(H,37,50)(H,38,42)(H,39,43)(H,40,48)/t13-,14-,15+,16-,18-,19+,20-,22-,23-,24-,31+/m1/s1. The van der Waals surface area contributed by atoms with Crippen molar-refractivity contribution in [2.75, 3.05) is 13.2 Å². The zero-order chi connectivity index (χ0) is 40.6. The Hall–Kier alpha value is -4.48. The van der Waals surface area contributed by atoms with E-state index in [9.17, 15) is 53.7 Å². The molecule has 8 amide bonds. The van der Waals surface area contributed by atoms with Gasteiger partial charge in [-0.15, -0.1) is 0 Å².